The van der Waals surface area contributed by atoms with E-state index < -0.39 is 0 Å². The van der Waals surface area contributed by atoms with Gasteiger partial charge in [-0.2, -0.15) is 0 Å². The summed E-state index contributed by atoms with van der Waals surface area (Å²) in [6.45, 7) is 10.7. The molecule has 0 spiro atoms. The van der Waals surface area contributed by atoms with Gasteiger partial charge in [0.1, 0.15) is 0 Å². The Labute approximate surface area is 148 Å². The van der Waals surface area contributed by atoms with E-state index >= 15 is 0 Å². The first-order valence-corrected chi connectivity index (χ1v) is 9.89. The van der Waals surface area contributed by atoms with Gasteiger partial charge in [0.25, 0.3) is 0 Å². The maximum atomic E-state index is 5.82. The van der Waals surface area contributed by atoms with Gasteiger partial charge >= 0.3 is 0 Å². The monoisotopic (exact) mass is 339 g/mol. The van der Waals surface area contributed by atoms with Crippen molar-refractivity contribution in [3.05, 3.63) is 0 Å². The molecule has 0 amide bonds. The van der Waals surface area contributed by atoms with Crippen molar-refractivity contribution in [2.75, 3.05) is 46.1 Å². The Kier molecular flexibility index (Phi) is 8.89. The Morgan fingerprint density at radius 2 is 1.96 bits per heavy atom. The molecule has 24 heavy (non-hydrogen) atoms. The molecule has 1 saturated carbocycles. The van der Waals surface area contributed by atoms with Gasteiger partial charge in [0.05, 0.1) is 0 Å². The fourth-order valence-electron chi connectivity index (χ4n) is 3.54. The predicted octanol–water partition coefficient (Wildman–Crippen LogP) is 2.96. The van der Waals surface area contributed by atoms with Crippen LogP contribution in [-0.4, -0.2) is 52.0 Å². The highest BCUT2D eigenvalue weighted by atomic mass is 16.5. The number of ether oxygens (including phenoxy) is 2. The number of rotatable bonds is 9. The lowest BCUT2D eigenvalue weighted by Gasteiger charge is -2.22. The summed E-state index contributed by atoms with van der Waals surface area (Å²) in [6.07, 6.45) is 8.67. The summed E-state index contributed by atoms with van der Waals surface area (Å²) in [6, 6.07) is 0. The van der Waals surface area contributed by atoms with Gasteiger partial charge < -0.3 is 20.1 Å². The first kappa shape index (κ1) is 19.5. The molecule has 0 atom stereocenters. The maximum Gasteiger partial charge on any atom is 0.191 e. The highest BCUT2D eigenvalue weighted by Crippen LogP contribution is 2.37. The first-order chi connectivity index (χ1) is 11.7. The second kappa shape index (κ2) is 10.9. The van der Waals surface area contributed by atoms with Gasteiger partial charge in [-0.1, -0.05) is 19.8 Å². The van der Waals surface area contributed by atoms with Crippen molar-refractivity contribution in [3.63, 3.8) is 0 Å². The third-order valence-corrected chi connectivity index (χ3v) is 5.23. The number of nitrogens with zero attached hydrogens (tertiary/aromatic N) is 1. The molecular formula is C19H37N3O2. The lowest BCUT2D eigenvalue weighted by atomic mass is 9.89. The van der Waals surface area contributed by atoms with Gasteiger partial charge in [0, 0.05) is 46.1 Å². The standard InChI is InChI=1S/C19H37N3O2/c1-3-20-18(22-16-19(2)9-4-5-10-19)21-11-6-12-24-15-17-7-13-23-14-8-17/h17H,3-16H2,1-2H3,(H2,20,21,22). The Morgan fingerprint density at radius 3 is 2.67 bits per heavy atom. The van der Waals surface area contributed by atoms with Crippen LogP contribution in [0.2, 0.25) is 0 Å². The summed E-state index contributed by atoms with van der Waals surface area (Å²) >= 11 is 0. The van der Waals surface area contributed by atoms with Crippen LogP contribution in [0.1, 0.15) is 58.8 Å². The molecule has 0 unspecified atom stereocenters. The topological polar surface area (TPSA) is 54.9 Å². The molecule has 5 nitrogen and oxygen atoms in total. The fourth-order valence-corrected chi connectivity index (χ4v) is 3.54. The second-order valence-electron chi connectivity index (χ2n) is 7.62. The van der Waals surface area contributed by atoms with E-state index in [0.29, 0.717) is 11.3 Å². The van der Waals surface area contributed by atoms with Gasteiger partial charge in [-0.05, 0) is 50.4 Å². The summed E-state index contributed by atoms with van der Waals surface area (Å²) in [7, 11) is 0. The highest BCUT2D eigenvalue weighted by Gasteiger charge is 2.28. The smallest absolute Gasteiger partial charge is 0.191 e. The zero-order valence-electron chi connectivity index (χ0n) is 15.7. The van der Waals surface area contributed by atoms with Crippen LogP contribution in [0.25, 0.3) is 0 Å². The number of hydrogen-bond donors (Lipinski definition) is 2. The summed E-state index contributed by atoms with van der Waals surface area (Å²) < 4.78 is 11.2. The summed E-state index contributed by atoms with van der Waals surface area (Å²) in [5, 5.41) is 6.79. The van der Waals surface area contributed by atoms with Crippen LogP contribution >= 0.6 is 0 Å². The summed E-state index contributed by atoms with van der Waals surface area (Å²) in [5.41, 5.74) is 0.412. The molecule has 5 heteroatoms. The van der Waals surface area contributed by atoms with E-state index in [-0.39, 0.29) is 0 Å². The van der Waals surface area contributed by atoms with Crippen LogP contribution in [0.15, 0.2) is 4.99 Å². The van der Waals surface area contributed by atoms with Crippen LogP contribution in [0, 0.1) is 11.3 Å². The number of hydrogen-bond acceptors (Lipinski definition) is 3. The van der Waals surface area contributed by atoms with E-state index in [9.17, 15) is 0 Å². The van der Waals surface area contributed by atoms with Crippen molar-refractivity contribution in [1.29, 1.82) is 0 Å². The van der Waals surface area contributed by atoms with Crippen molar-refractivity contribution in [3.8, 4) is 0 Å². The molecule has 1 aliphatic heterocycles. The van der Waals surface area contributed by atoms with E-state index in [4.69, 9.17) is 14.5 Å². The SMILES string of the molecule is CCNC(=NCC1(C)CCCC1)NCCCOCC1CCOCC1. The lowest BCUT2D eigenvalue weighted by molar-refractivity contribution is 0.0203. The zero-order valence-corrected chi connectivity index (χ0v) is 15.7. The van der Waals surface area contributed by atoms with Crippen molar-refractivity contribution in [2.45, 2.75) is 58.8 Å². The van der Waals surface area contributed by atoms with Gasteiger partial charge in [0.2, 0.25) is 0 Å². The molecular weight excluding hydrogens is 302 g/mol. The highest BCUT2D eigenvalue weighted by molar-refractivity contribution is 5.79. The Balaban J connectivity index is 1.57. The van der Waals surface area contributed by atoms with Crippen LogP contribution in [0.4, 0.5) is 0 Å². The van der Waals surface area contributed by atoms with Gasteiger partial charge in [-0.15, -0.1) is 0 Å². The van der Waals surface area contributed by atoms with E-state index in [1.165, 1.54) is 25.7 Å². The lowest BCUT2D eigenvalue weighted by Crippen LogP contribution is -2.39. The fraction of sp³-hybridized carbons (Fsp3) is 0.947. The Morgan fingerprint density at radius 1 is 1.21 bits per heavy atom. The quantitative estimate of drug-likeness (QED) is 0.385. The molecule has 1 heterocycles. The molecule has 2 rings (SSSR count). The van der Waals surface area contributed by atoms with Crippen LogP contribution in [-0.2, 0) is 9.47 Å². The first-order valence-electron chi connectivity index (χ1n) is 9.89. The minimum absolute atomic E-state index is 0.412. The average Bonchev–Trinajstić information content (AvgIpc) is 3.03. The largest absolute Gasteiger partial charge is 0.381 e. The van der Waals surface area contributed by atoms with Crippen molar-refractivity contribution in [1.82, 2.24) is 10.6 Å². The minimum atomic E-state index is 0.412. The molecule has 2 aliphatic rings. The summed E-state index contributed by atoms with van der Waals surface area (Å²) in [5.74, 6) is 1.65. The normalized spacial score (nSPS) is 21.8. The molecule has 2 fully saturated rings. The number of guanidine groups is 1. The van der Waals surface area contributed by atoms with Gasteiger partial charge in [-0.3, -0.25) is 4.99 Å². The molecule has 0 aromatic rings. The molecule has 1 aliphatic carbocycles. The maximum absolute atomic E-state index is 5.82. The molecule has 1 saturated heterocycles. The van der Waals surface area contributed by atoms with Crippen LogP contribution in [0.3, 0.4) is 0 Å². The van der Waals surface area contributed by atoms with Crippen molar-refractivity contribution in [2.24, 2.45) is 16.3 Å². The molecule has 0 radical (unpaired) electrons. The van der Waals surface area contributed by atoms with Gasteiger partial charge in [0.15, 0.2) is 5.96 Å². The zero-order chi connectivity index (χ0) is 17.1. The third-order valence-electron chi connectivity index (χ3n) is 5.23. The predicted molar refractivity (Wildman–Crippen MR) is 99.5 cm³/mol. The molecule has 0 aromatic heterocycles. The minimum Gasteiger partial charge on any atom is -0.381 e. The van der Waals surface area contributed by atoms with E-state index in [0.717, 1.165) is 71.3 Å². The second-order valence-corrected chi connectivity index (χ2v) is 7.62. The van der Waals surface area contributed by atoms with Gasteiger partial charge in [-0.25, -0.2) is 0 Å². The molecule has 0 aromatic carbocycles. The van der Waals surface area contributed by atoms with Crippen LogP contribution in [0.5, 0.6) is 0 Å². The van der Waals surface area contributed by atoms with Crippen molar-refractivity contribution < 1.29 is 9.47 Å². The molecule has 0 bridgehead atoms. The van der Waals surface area contributed by atoms with E-state index in [1.807, 2.05) is 0 Å². The number of nitrogens with one attached hydrogen (secondary N) is 2. The molecule has 2 N–H and O–H groups in total. The van der Waals surface area contributed by atoms with Crippen LogP contribution < -0.4 is 10.6 Å². The average molecular weight is 340 g/mol. The summed E-state index contributed by atoms with van der Waals surface area (Å²) in [4.78, 5) is 4.80. The number of aliphatic imine (C=N–C) groups is 1. The van der Waals surface area contributed by atoms with Crippen molar-refractivity contribution >= 4 is 5.96 Å². The Hall–Kier alpha value is -0.810. The van der Waals surface area contributed by atoms with E-state index in [1.54, 1.807) is 0 Å². The molecule has 140 valence electrons. The third kappa shape index (κ3) is 7.39. The Bertz CT molecular complexity index is 362. The van der Waals surface area contributed by atoms with E-state index in [2.05, 4.69) is 24.5 Å².